The van der Waals surface area contributed by atoms with Gasteiger partial charge in [0.2, 0.25) is 5.91 Å². The first-order valence-corrected chi connectivity index (χ1v) is 10.7. The van der Waals surface area contributed by atoms with Crippen molar-refractivity contribution in [1.29, 1.82) is 0 Å². The van der Waals surface area contributed by atoms with Crippen LogP contribution < -0.4 is 10.2 Å². The fourth-order valence-corrected chi connectivity index (χ4v) is 3.78. The van der Waals surface area contributed by atoms with E-state index in [1.54, 1.807) is 29.2 Å². The van der Waals surface area contributed by atoms with Crippen molar-refractivity contribution >= 4 is 40.6 Å². The number of hydrogen-bond acceptors (Lipinski definition) is 4. The van der Waals surface area contributed by atoms with Gasteiger partial charge in [-0.3, -0.25) is 14.5 Å². The lowest BCUT2D eigenvalue weighted by Gasteiger charge is -2.23. The average molecular weight is 429 g/mol. The summed E-state index contributed by atoms with van der Waals surface area (Å²) in [6, 6.07) is 29.9. The molecule has 154 valence electrons. The van der Waals surface area contributed by atoms with Gasteiger partial charge in [0, 0.05) is 22.0 Å². The second-order valence-corrected chi connectivity index (χ2v) is 7.69. The van der Waals surface area contributed by atoms with E-state index in [1.807, 2.05) is 72.8 Å². The van der Waals surface area contributed by atoms with Crippen LogP contribution in [0, 0.1) is 0 Å². The third-order valence-corrected chi connectivity index (χ3v) is 5.49. The highest BCUT2D eigenvalue weighted by atomic mass is 32.2. The van der Waals surface area contributed by atoms with Gasteiger partial charge in [-0.1, -0.05) is 36.4 Å². The normalized spacial score (nSPS) is 10.5. The maximum Gasteiger partial charge on any atom is 0.291 e. The molecule has 5 nitrogen and oxygen atoms in total. The maximum absolute atomic E-state index is 13.1. The number of hydrogen-bond donors (Lipinski definition) is 1. The zero-order chi connectivity index (χ0) is 21.5. The van der Waals surface area contributed by atoms with Crippen molar-refractivity contribution in [2.75, 3.05) is 16.0 Å². The SMILES string of the molecule is O=C(Nc1ccc(SCC(=O)N(c2ccccc2)c2ccccc2)cc1)c1ccco1. The molecule has 1 aromatic heterocycles. The molecule has 0 aliphatic rings. The molecule has 1 N–H and O–H groups in total. The standard InChI is InChI=1S/C25H20N2O3S/c28-24(27(20-8-3-1-4-9-20)21-10-5-2-6-11-21)18-31-22-15-13-19(14-16-22)26-25(29)23-12-7-17-30-23/h1-17H,18H2,(H,26,29). The first-order valence-electron chi connectivity index (χ1n) is 9.71. The topological polar surface area (TPSA) is 62.6 Å². The predicted molar refractivity (Wildman–Crippen MR) is 124 cm³/mol. The van der Waals surface area contributed by atoms with Crippen LogP contribution in [0.3, 0.4) is 0 Å². The molecule has 0 bridgehead atoms. The van der Waals surface area contributed by atoms with Crippen LogP contribution in [-0.2, 0) is 4.79 Å². The zero-order valence-corrected chi connectivity index (χ0v) is 17.4. The number of nitrogens with one attached hydrogen (secondary N) is 1. The van der Waals surface area contributed by atoms with E-state index in [0.29, 0.717) is 5.69 Å². The van der Waals surface area contributed by atoms with Crippen LogP contribution in [0.15, 0.2) is 113 Å². The van der Waals surface area contributed by atoms with Crippen LogP contribution in [0.5, 0.6) is 0 Å². The Balaban J connectivity index is 1.41. The third-order valence-electron chi connectivity index (χ3n) is 4.50. The molecule has 3 aromatic carbocycles. The number of thioether (sulfide) groups is 1. The number of amides is 2. The minimum absolute atomic E-state index is 0.0161. The lowest BCUT2D eigenvalue weighted by atomic mass is 10.2. The molecule has 6 heteroatoms. The van der Waals surface area contributed by atoms with E-state index in [2.05, 4.69) is 5.32 Å². The second kappa shape index (κ2) is 9.82. The van der Waals surface area contributed by atoms with E-state index in [1.165, 1.54) is 18.0 Å². The Morgan fingerprint density at radius 1 is 0.774 bits per heavy atom. The summed E-state index contributed by atoms with van der Waals surface area (Å²) >= 11 is 1.45. The Morgan fingerprint density at radius 3 is 1.94 bits per heavy atom. The van der Waals surface area contributed by atoms with Crippen molar-refractivity contribution in [2.45, 2.75) is 4.90 Å². The predicted octanol–water partition coefficient (Wildman–Crippen LogP) is 5.99. The molecule has 0 saturated heterocycles. The maximum atomic E-state index is 13.1. The van der Waals surface area contributed by atoms with Crippen LogP contribution in [0.2, 0.25) is 0 Å². The highest BCUT2D eigenvalue weighted by Crippen LogP contribution is 2.28. The number of carbonyl (C=O) groups excluding carboxylic acids is 2. The number of furan rings is 1. The molecule has 0 fully saturated rings. The number of rotatable bonds is 7. The summed E-state index contributed by atoms with van der Waals surface area (Å²) in [7, 11) is 0. The second-order valence-electron chi connectivity index (χ2n) is 6.64. The summed E-state index contributed by atoms with van der Waals surface area (Å²) in [6.07, 6.45) is 1.46. The van der Waals surface area contributed by atoms with Crippen LogP contribution in [0.1, 0.15) is 10.6 Å². The Kier molecular flexibility index (Phi) is 6.50. The fourth-order valence-electron chi connectivity index (χ4n) is 3.04. The Morgan fingerprint density at radius 2 is 1.39 bits per heavy atom. The molecule has 2 amide bonds. The fraction of sp³-hybridized carbons (Fsp3) is 0.0400. The number of benzene rings is 3. The molecule has 0 atom stereocenters. The van der Waals surface area contributed by atoms with Crippen LogP contribution in [0.25, 0.3) is 0 Å². The Hall–Kier alpha value is -3.77. The molecule has 4 aromatic rings. The number of carbonyl (C=O) groups is 2. The average Bonchev–Trinajstić information content (AvgIpc) is 3.36. The molecule has 0 aliphatic heterocycles. The summed E-state index contributed by atoms with van der Waals surface area (Å²) < 4.78 is 5.09. The summed E-state index contributed by atoms with van der Waals surface area (Å²) in [5.74, 6) is 0.215. The van der Waals surface area contributed by atoms with Crippen molar-refractivity contribution < 1.29 is 14.0 Å². The van der Waals surface area contributed by atoms with Gasteiger partial charge in [-0.25, -0.2) is 0 Å². The first-order chi connectivity index (χ1) is 15.2. The summed E-state index contributed by atoms with van der Waals surface area (Å²) in [5, 5.41) is 2.78. The molecule has 1 heterocycles. The van der Waals surface area contributed by atoms with Gasteiger partial charge in [0.1, 0.15) is 0 Å². The van der Waals surface area contributed by atoms with E-state index in [-0.39, 0.29) is 23.3 Å². The first kappa shape index (κ1) is 20.5. The van der Waals surface area contributed by atoms with E-state index in [4.69, 9.17) is 4.42 Å². The van der Waals surface area contributed by atoms with E-state index >= 15 is 0 Å². The quantitative estimate of drug-likeness (QED) is 0.367. The zero-order valence-electron chi connectivity index (χ0n) is 16.6. The molecular weight excluding hydrogens is 408 g/mol. The lowest BCUT2D eigenvalue weighted by molar-refractivity contribution is -0.115. The van der Waals surface area contributed by atoms with Crippen molar-refractivity contribution in [3.63, 3.8) is 0 Å². The van der Waals surface area contributed by atoms with E-state index in [9.17, 15) is 9.59 Å². The van der Waals surface area contributed by atoms with Gasteiger partial charge >= 0.3 is 0 Å². The van der Waals surface area contributed by atoms with Crippen LogP contribution >= 0.6 is 11.8 Å². The summed E-state index contributed by atoms with van der Waals surface area (Å²) in [4.78, 5) is 27.8. The van der Waals surface area contributed by atoms with Crippen molar-refractivity contribution in [3.05, 3.63) is 109 Å². The van der Waals surface area contributed by atoms with Gasteiger partial charge in [0.25, 0.3) is 5.91 Å². The van der Waals surface area contributed by atoms with Gasteiger partial charge in [0.15, 0.2) is 5.76 Å². The van der Waals surface area contributed by atoms with Gasteiger partial charge in [-0.2, -0.15) is 0 Å². The highest BCUT2D eigenvalue weighted by Gasteiger charge is 2.18. The minimum atomic E-state index is -0.304. The number of nitrogens with zero attached hydrogens (tertiary/aromatic N) is 1. The van der Waals surface area contributed by atoms with Crippen molar-refractivity contribution in [1.82, 2.24) is 0 Å². The Bertz CT molecular complexity index is 1090. The van der Waals surface area contributed by atoms with Gasteiger partial charge in [0.05, 0.1) is 12.0 Å². The van der Waals surface area contributed by atoms with E-state index < -0.39 is 0 Å². The Labute approximate surface area is 184 Å². The van der Waals surface area contributed by atoms with Crippen molar-refractivity contribution in [2.24, 2.45) is 0 Å². The van der Waals surface area contributed by atoms with Gasteiger partial charge in [-0.05, 0) is 60.7 Å². The minimum Gasteiger partial charge on any atom is -0.459 e. The molecule has 0 aliphatic carbocycles. The molecule has 0 saturated carbocycles. The third kappa shape index (κ3) is 5.24. The van der Waals surface area contributed by atoms with E-state index in [0.717, 1.165) is 16.3 Å². The molecule has 0 spiro atoms. The van der Waals surface area contributed by atoms with Crippen molar-refractivity contribution in [3.8, 4) is 0 Å². The number of para-hydroxylation sites is 2. The van der Waals surface area contributed by atoms with Gasteiger partial charge < -0.3 is 9.73 Å². The summed E-state index contributed by atoms with van der Waals surface area (Å²) in [5.41, 5.74) is 2.32. The van der Waals surface area contributed by atoms with Crippen LogP contribution in [-0.4, -0.2) is 17.6 Å². The molecule has 0 radical (unpaired) electrons. The van der Waals surface area contributed by atoms with Crippen LogP contribution in [0.4, 0.5) is 17.1 Å². The highest BCUT2D eigenvalue weighted by molar-refractivity contribution is 8.00. The number of anilines is 3. The molecular formula is C25H20N2O3S. The smallest absolute Gasteiger partial charge is 0.291 e. The molecule has 4 rings (SSSR count). The summed E-state index contributed by atoms with van der Waals surface area (Å²) in [6.45, 7) is 0. The monoisotopic (exact) mass is 428 g/mol. The lowest BCUT2D eigenvalue weighted by Crippen LogP contribution is -2.27. The largest absolute Gasteiger partial charge is 0.459 e. The molecule has 31 heavy (non-hydrogen) atoms. The van der Waals surface area contributed by atoms with Gasteiger partial charge in [-0.15, -0.1) is 11.8 Å². The molecule has 0 unspecified atom stereocenters.